The molecular weight excluding hydrogens is 292 g/mol. The van der Waals surface area contributed by atoms with Gasteiger partial charge in [0.1, 0.15) is 5.82 Å². The van der Waals surface area contributed by atoms with E-state index >= 15 is 0 Å². The van der Waals surface area contributed by atoms with Crippen LogP contribution in [0.4, 0.5) is 5.82 Å². The van der Waals surface area contributed by atoms with Crippen LogP contribution in [0.3, 0.4) is 0 Å². The van der Waals surface area contributed by atoms with Gasteiger partial charge in [0.2, 0.25) is 11.7 Å². The predicted octanol–water partition coefficient (Wildman–Crippen LogP) is 3.18. The third-order valence-corrected chi connectivity index (χ3v) is 4.01. The molecule has 2 aromatic heterocycles. The number of hydrogen-bond acceptors (Lipinski definition) is 6. The Morgan fingerprint density at radius 3 is 2.96 bits per heavy atom. The van der Waals surface area contributed by atoms with Crippen LogP contribution in [0.1, 0.15) is 18.7 Å². The van der Waals surface area contributed by atoms with E-state index < -0.39 is 0 Å². The molecule has 0 aliphatic carbocycles. The fourth-order valence-corrected chi connectivity index (χ4v) is 2.85. The summed E-state index contributed by atoms with van der Waals surface area (Å²) in [6, 6.07) is 10.1. The summed E-state index contributed by atoms with van der Waals surface area (Å²) in [5.41, 5.74) is 1.78. The van der Waals surface area contributed by atoms with E-state index in [4.69, 9.17) is 14.2 Å². The van der Waals surface area contributed by atoms with Crippen LogP contribution < -0.4 is 5.32 Å². The van der Waals surface area contributed by atoms with Crippen molar-refractivity contribution < 1.29 is 9.26 Å². The number of rotatable bonds is 4. The summed E-state index contributed by atoms with van der Waals surface area (Å²) in [6.45, 7) is 3.36. The van der Waals surface area contributed by atoms with Crippen molar-refractivity contribution in [3.05, 3.63) is 36.2 Å². The van der Waals surface area contributed by atoms with E-state index in [0.29, 0.717) is 11.7 Å². The van der Waals surface area contributed by atoms with Crippen molar-refractivity contribution >= 4 is 16.7 Å². The van der Waals surface area contributed by atoms with Gasteiger partial charge in [0.05, 0.1) is 17.2 Å². The fourth-order valence-electron chi connectivity index (χ4n) is 2.85. The molecule has 0 bridgehead atoms. The highest BCUT2D eigenvalue weighted by molar-refractivity contribution is 5.87. The standard InChI is InChI=1S/C17H18N4O2/c1-11-19-17(21-23-11)14-9-12-5-2-3-7-15(12)20-16(14)18-10-13-6-4-8-22-13/h2-3,5,7,9,13H,4,6,8,10H2,1H3,(H,18,20)/t13-/m0/s1. The van der Waals surface area contributed by atoms with Crippen LogP contribution in [0.25, 0.3) is 22.3 Å². The van der Waals surface area contributed by atoms with Crippen LogP contribution in [0.5, 0.6) is 0 Å². The van der Waals surface area contributed by atoms with Gasteiger partial charge >= 0.3 is 0 Å². The van der Waals surface area contributed by atoms with Gasteiger partial charge in [0.15, 0.2) is 0 Å². The van der Waals surface area contributed by atoms with Gasteiger partial charge in [0.25, 0.3) is 0 Å². The van der Waals surface area contributed by atoms with Crippen molar-refractivity contribution in [3.8, 4) is 11.4 Å². The highest BCUT2D eigenvalue weighted by Crippen LogP contribution is 2.28. The molecule has 1 aliphatic heterocycles. The number of nitrogens with zero attached hydrogens (tertiary/aromatic N) is 3. The maximum absolute atomic E-state index is 5.67. The van der Waals surface area contributed by atoms with E-state index in [9.17, 15) is 0 Å². The Balaban J connectivity index is 1.72. The second-order valence-electron chi connectivity index (χ2n) is 5.73. The minimum Gasteiger partial charge on any atom is -0.376 e. The van der Waals surface area contributed by atoms with Crippen LogP contribution in [0, 0.1) is 6.92 Å². The normalized spacial score (nSPS) is 17.7. The number of hydrogen-bond donors (Lipinski definition) is 1. The predicted molar refractivity (Wildman–Crippen MR) is 87.2 cm³/mol. The van der Waals surface area contributed by atoms with Crippen LogP contribution in [0.15, 0.2) is 34.9 Å². The van der Waals surface area contributed by atoms with Gasteiger partial charge in [-0.25, -0.2) is 4.98 Å². The zero-order chi connectivity index (χ0) is 15.6. The van der Waals surface area contributed by atoms with E-state index in [2.05, 4.69) is 15.5 Å². The topological polar surface area (TPSA) is 73.1 Å². The number of aromatic nitrogens is 3. The van der Waals surface area contributed by atoms with Crippen molar-refractivity contribution in [1.82, 2.24) is 15.1 Å². The Hall–Kier alpha value is -2.47. The van der Waals surface area contributed by atoms with E-state index in [1.807, 2.05) is 30.3 Å². The molecule has 6 heteroatoms. The Morgan fingerprint density at radius 1 is 1.26 bits per heavy atom. The average molecular weight is 310 g/mol. The monoisotopic (exact) mass is 310 g/mol. The van der Waals surface area contributed by atoms with Crippen LogP contribution >= 0.6 is 0 Å². The van der Waals surface area contributed by atoms with Crippen molar-refractivity contribution in [2.45, 2.75) is 25.9 Å². The SMILES string of the molecule is Cc1nc(-c2cc3ccccc3nc2NC[C@@H]2CCCO2)no1. The summed E-state index contributed by atoms with van der Waals surface area (Å²) in [5.74, 6) is 1.86. The van der Waals surface area contributed by atoms with E-state index in [0.717, 1.165) is 48.3 Å². The minimum atomic E-state index is 0.239. The van der Waals surface area contributed by atoms with Gasteiger partial charge in [0, 0.05) is 25.5 Å². The molecule has 0 radical (unpaired) electrons. The molecule has 1 aromatic carbocycles. The molecule has 0 unspecified atom stereocenters. The first-order valence-electron chi connectivity index (χ1n) is 7.85. The molecule has 3 aromatic rings. The lowest BCUT2D eigenvalue weighted by Crippen LogP contribution is -2.19. The third kappa shape index (κ3) is 2.90. The zero-order valence-electron chi connectivity index (χ0n) is 13.0. The number of aryl methyl sites for hydroxylation is 1. The first-order chi connectivity index (χ1) is 11.3. The number of anilines is 1. The van der Waals surface area contributed by atoms with Gasteiger partial charge in [-0.05, 0) is 25.0 Å². The van der Waals surface area contributed by atoms with Crippen molar-refractivity contribution in [2.24, 2.45) is 0 Å². The summed E-state index contributed by atoms with van der Waals surface area (Å²) in [4.78, 5) is 9.07. The number of para-hydroxylation sites is 1. The van der Waals surface area contributed by atoms with E-state index in [1.54, 1.807) is 6.92 Å². The van der Waals surface area contributed by atoms with Crippen molar-refractivity contribution in [1.29, 1.82) is 0 Å². The number of fused-ring (bicyclic) bond motifs is 1. The Kier molecular flexibility index (Phi) is 3.67. The highest BCUT2D eigenvalue weighted by atomic mass is 16.5. The number of ether oxygens (including phenoxy) is 1. The summed E-state index contributed by atoms with van der Waals surface area (Å²) in [6.07, 6.45) is 2.44. The molecule has 1 atom stereocenters. The summed E-state index contributed by atoms with van der Waals surface area (Å²) in [5, 5.41) is 8.48. The number of benzene rings is 1. The molecule has 6 nitrogen and oxygen atoms in total. The molecule has 0 spiro atoms. The van der Waals surface area contributed by atoms with Crippen LogP contribution in [-0.2, 0) is 4.74 Å². The second kappa shape index (κ2) is 5.96. The Morgan fingerprint density at radius 2 is 2.17 bits per heavy atom. The Labute approximate surface area is 133 Å². The molecule has 1 saturated heterocycles. The summed E-state index contributed by atoms with van der Waals surface area (Å²) < 4.78 is 10.8. The highest BCUT2D eigenvalue weighted by Gasteiger charge is 2.18. The number of nitrogens with one attached hydrogen (secondary N) is 1. The lowest BCUT2D eigenvalue weighted by molar-refractivity contribution is 0.120. The maximum Gasteiger partial charge on any atom is 0.223 e. The third-order valence-electron chi connectivity index (χ3n) is 4.01. The summed E-state index contributed by atoms with van der Waals surface area (Å²) in [7, 11) is 0. The lowest BCUT2D eigenvalue weighted by atomic mass is 10.1. The molecule has 3 heterocycles. The molecular formula is C17H18N4O2. The molecule has 118 valence electrons. The number of pyridine rings is 1. The average Bonchev–Trinajstić information content (AvgIpc) is 3.23. The molecule has 1 fully saturated rings. The van der Waals surface area contributed by atoms with E-state index in [-0.39, 0.29) is 6.10 Å². The Bertz CT molecular complexity index is 824. The first kappa shape index (κ1) is 14.1. The maximum atomic E-state index is 5.67. The zero-order valence-corrected chi connectivity index (χ0v) is 13.0. The fraction of sp³-hybridized carbons (Fsp3) is 0.353. The van der Waals surface area contributed by atoms with Gasteiger partial charge in [-0.1, -0.05) is 23.4 Å². The van der Waals surface area contributed by atoms with Crippen molar-refractivity contribution in [3.63, 3.8) is 0 Å². The van der Waals surface area contributed by atoms with Gasteiger partial charge in [-0.2, -0.15) is 4.98 Å². The van der Waals surface area contributed by atoms with Gasteiger partial charge in [-0.3, -0.25) is 0 Å². The molecule has 0 saturated carbocycles. The molecule has 0 amide bonds. The van der Waals surface area contributed by atoms with E-state index in [1.165, 1.54) is 0 Å². The summed E-state index contributed by atoms with van der Waals surface area (Å²) >= 11 is 0. The van der Waals surface area contributed by atoms with Gasteiger partial charge < -0.3 is 14.6 Å². The quantitative estimate of drug-likeness (QED) is 0.798. The van der Waals surface area contributed by atoms with Gasteiger partial charge in [-0.15, -0.1) is 0 Å². The smallest absolute Gasteiger partial charge is 0.223 e. The molecule has 1 aliphatic rings. The van der Waals surface area contributed by atoms with Crippen LogP contribution in [-0.4, -0.2) is 34.4 Å². The molecule has 1 N–H and O–H groups in total. The lowest BCUT2D eigenvalue weighted by Gasteiger charge is -2.14. The first-order valence-corrected chi connectivity index (χ1v) is 7.85. The van der Waals surface area contributed by atoms with Crippen molar-refractivity contribution in [2.75, 3.05) is 18.5 Å². The van der Waals surface area contributed by atoms with Crippen LogP contribution in [0.2, 0.25) is 0 Å². The second-order valence-corrected chi connectivity index (χ2v) is 5.73. The molecule has 23 heavy (non-hydrogen) atoms. The largest absolute Gasteiger partial charge is 0.376 e. The molecule has 4 rings (SSSR count). The minimum absolute atomic E-state index is 0.239.